The molecule has 0 saturated carbocycles. The predicted octanol–water partition coefficient (Wildman–Crippen LogP) is -0.573. The van der Waals surface area contributed by atoms with Crippen LogP contribution in [0.2, 0.25) is 0 Å². The fourth-order valence-electron chi connectivity index (χ4n) is 3.08. The fourth-order valence-corrected chi connectivity index (χ4v) is 4.58. The van der Waals surface area contributed by atoms with Crippen LogP contribution in [0.1, 0.15) is 12.8 Å². The van der Waals surface area contributed by atoms with E-state index in [1.54, 1.807) is 7.05 Å². The van der Waals surface area contributed by atoms with Crippen LogP contribution in [-0.4, -0.2) is 72.1 Å². The molecule has 1 atom stereocenters. The third-order valence-corrected chi connectivity index (χ3v) is 6.06. The lowest BCUT2D eigenvalue weighted by Crippen LogP contribution is -2.57. The Balaban J connectivity index is 0.00000192. The molecule has 8 nitrogen and oxygen atoms in total. The predicted molar refractivity (Wildman–Crippen MR) is 86.8 cm³/mol. The molecule has 0 bridgehead atoms. The van der Waals surface area contributed by atoms with E-state index in [9.17, 15) is 13.2 Å². The molecular formula is C13H22ClN5O3S. The number of nitrogens with one attached hydrogen (secondary N) is 1. The first-order chi connectivity index (χ1) is 10.5. The van der Waals surface area contributed by atoms with Crippen LogP contribution in [0.25, 0.3) is 0 Å². The molecule has 130 valence electrons. The molecule has 0 radical (unpaired) electrons. The minimum atomic E-state index is -3.53. The van der Waals surface area contributed by atoms with E-state index in [1.807, 2.05) is 4.90 Å². The molecule has 2 aliphatic rings. The highest BCUT2D eigenvalue weighted by Crippen LogP contribution is 2.23. The third-order valence-electron chi connectivity index (χ3n) is 4.25. The summed E-state index contributed by atoms with van der Waals surface area (Å²) in [6, 6.07) is -0.0326. The Kier molecular flexibility index (Phi) is 5.66. The van der Waals surface area contributed by atoms with Gasteiger partial charge in [-0.2, -0.15) is 9.40 Å². The third kappa shape index (κ3) is 3.68. The van der Waals surface area contributed by atoms with Gasteiger partial charge in [0.25, 0.3) is 0 Å². The molecule has 0 aromatic carbocycles. The van der Waals surface area contributed by atoms with E-state index in [0.717, 1.165) is 19.4 Å². The number of carbonyl (C=O) groups is 1. The van der Waals surface area contributed by atoms with Crippen LogP contribution < -0.4 is 5.32 Å². The monoisotopic (exact) mass is 363 g/mol. The summed E-state index contributed by atoms with van der Waals surface area (Å²) in [7, 11) is -1.84. The van der Waals surface area contributed by atoms with Gasteiger partial charge in [-0.3, -0.25) is 9.48 Å². The zero-order valence-electron chi connectivity index (χ0n) is 13.0. The van der Waals surface area contributed by atoms with Crippen molar-refractivity contribution in [2.75, 3.05) is 32.7 Å². The Hall–Kier alpha value is -1.16. The summed E-state index contributed by atoms with van der Waals surface area (Å²) in [6.45, 7) is 2.60. The minimum Gasteiger partial charge on any atom is -0.336 e. The van der Waals surface area contributed by atoms with Gasteiger partial charge in [0.2, 0.25) is 15.9 Å². The molecule has 2 saturated heterocycles. The maximum atomic E-state index is 12.7. The molecular weight excluding hydrogens is 342 g/mol. The Morgan fingerprint density at radius 1 is 1.35 bits per heavy atom. The fraction of sp³-hybridized carbons (Fsp3) is 0.692. The van der Waals surface area contributed by atoms with Crippen LogP contribution in [0.5, 0.6) is 0 Å². The average Bonchev–Trinajstić information content (AvgIpc) is 2.95. The number of aryl methyl sites for hydroxylation is 1. The van der Waals surface area contributed by atoms with Crippen molar-refractivity contribution in [1.29, 1.82) is 0 Å². The van der Waals surface area contributed by atoms with Gasteiger partial charge in [0.15, 0.2) is 0 Å². The van der Waals surface area contributed by atoms with Crippen LogP contribution in [0.4, 0.5) is 0 Å². The van der Waals surface area contributed by atoms with E-state index < -0.39 is 10.0 Å². The molecule has 1 unspecified atom stereocenters. The lowest BCUT2D eigenvalue weighted by Gasteiger charge is -2.40. The van der Waals surface area contributed by atoms with Crippen LogP contribution in [-0.2, 0) is 21.9 Å². The number of aromatic nitrogens is 2. The number of hydrogen-bond donors (Lipinski definition) is 1. The van der Waals surface area contributed by atoms with Gasteiger partial charge in [-0.15, -0.1) is 12.4 Å². The van der Waals surface area contributed by atoms with Crippen molar-refractivity contribution < 1.29 is 13.2 Å². The molecule has 1 N–H and O–H groups in total. The first kappa shape index (κ1) is 18.2. The largest absolute Gasteiger partial charge is 0.336 e. The summed E-state index contributed by atoms with van der Waals surface area (Å²) in [5, 5.41) is 6.98. The zero-order chi connectivity index (χ0) is 15.7. The van der Waals surface area contributed by atoms with E-state index >= 15 is 0 Å². The van der Waals surface area contributed by atoms with Gasteiger partial charge in [-0.05, 0) is 12.8 Å². The zero-order valence-corrected chi connectivity index (χ0v) is 14.6. The second-order valence-corrected chi connectivity index (χ2v) is 7.71. The van der Waals surface area contributed by atoms with Crippen LogP contribution >= 0.6 is 12.4 Å². The number of nitrogens with zero attached hydrogens (tertiary/aromatic N) is 4. The molecule has 23 heavy (non-hydrogen) atoms. The second kappa shape index (κ2) is 7.16. The SMILES string of the molecule is Cl.Cn1cc(S(=O)(=O)N2CCCC(N3CCNCC3=O)C2)cn1. The molecule has 1 aromatic rings. The number of piperidine rings is 1. The van der Waals surface area contributed by atoms with E-state index in [4.69, 9.17) is 0 Å². The van der Waals surface area contributed by atoms with E-state index in [-0.39, 0.29) is 29.3 Å². The molecule has 10 heteroatoms. The van der Waals surface area contributed by atoms with Gasteiger partial charge in [-0.1, -0.05) is 0 Å². The highest BCUT2D eigenvalue weighted by atomic mass is 35.5. The van der Waals surface area contributed by atoms with Gasteiger partial charge in [0.05, 0.1) is 12.7 Å². The van der Waals surface area contributed by atoms with Crippen molar-refractivity contribution in [3.05, 3.63) is 12.4 Å². The highest BCUT2D eigenvalue weighted by molar-refractivity contribution is 7.89. The number of amides is 1. The first-order valence-corrected chi connectivity index (χ1v) is 8.91. The molecule has 1 aromatic heterocycles. The number of hydrogen-bond acceptors (Lipinski definition) is 5. The lowest BCUT2D eigenvalue weighted by atomic mass is 10.1. The van der Waals surface area contributed by atoms with Crippen molar-refractivity contribution in [3.63, 3.8) is 0 Å². The van der Waals surface area contributed by atoms with Crippen molar-refractivity contribution in [1.82, 2.24) is 24.3 Å². The molecule has 2 fully saturated rings. The number of rotatable bonds is 3. The standard InChI is InChI=1S/C13H21N5O3S.ClH/c1-16-10-12(7-15-16)22(20,21)17-5-2-3-11(9-17)18-6-4-14-8-13(18)19;/h7,10-11,14H,2-6,8-9H2,1H3;1H. The van der Waals surface area contributed by atoms with Crippen LogP contribution in [0, 0.1) is 0 Å². The average molecular weight is 364 g/mol. The van der Waals surface area contributed by atoms with E-state index in [1.165, 1.54) is 21.4 Å². The summed E-state index contributed by atoms with van der Waals surface area (Å²) >= 11 is 0. The smallest absolute Gasteiger partial charge is 0.246 e. The van der Waals surface area contributed by atoms with Gasteiger partial charge in [0, 0.05) is 45.5 Å². The normalized spacial score (nSPS) is 23.6. The molecule has 2 aliphatic heterocycles. The summed E-state index contributed by atoms with van der Waals surface area (Å²) in [5.41, 5.74) is 0. The maximum absolute atomic E-state index is 12.7. The van der Waals surface area contributed by atoms with Crippen LogP contribution in [0.3, 0.4) is 0 Å². The number of halogens is 1. The Morgan fingerprint density at radius 2 is 2.13 bits per heavy atom. The summed E-state index contributed by atoms with van der Waals surface area (Å²) < 4.78 is 28.3. The number of sulfonamides is 1. The Labute approximate surface area is 142 Å². The topological polar surface area (TPSA) is 87.5 Å². The maximum Gasteiger partial charge on any atom is 0.246 e. The Bertz CT molecular complexity index is 662. The second-order valence-electron chi connectivity index (χ2n) is 5.77. The van der Waals surface area contributed by atoms with Gasteiger partial charge in [-0.25, -0.2) is 8.42 Å². The highest BCUT2D eigenvalue weighted by Gasteiger charge is 2.35. The van der Waals surface area contributed by atoms with Gasteiger partial charge < -0.3 is 10.2 Å². The van der Waals surface area contributed by atoms with E-state index in [2.05, 4.69) is 10.4 Å². The molecule has 0 aliphatic carbocycles. The summed E-state index contributed by atoms with van der Waals surface area (Å²) in [4.78, 5) is 14.0. The first-order valence-electron chi connectivity index (χ1n) is 7.47. The van der Waals surface area contributed by atoms with Gasteiger partial charge >= 0.3 is 0 Å². The Morgan fingerprint density at radius 3 is 2.78 bits per heavy atom. The number of carbonyl (C=O) groups excluding carboxylic acids is 1. The summed E-state index contributed by atoms with van der Waals surface area (Å²) in [6.07, 6.45) is 4.50. The van der Waals surface area contributed by atoms with E-state index in [0.29, 0.717) is 26.2 Å². The van der Waals surface area contributed by atoms with Crippen molar-refractivity contribution in [2.45, 2.75) is 23.8 Å². The summed E-state index contributed by atoms with van der Waals surface area (Å²) in [5.74, 6) is 0.0527. The van der Waals surface area contributed by atoms with Crippen molar-refractivity contribution in [2.24, 2.45) is 7.05 Å². The lowest BCUT2D eigenvalue weighted by molar-refractivity contribution is -0.135. The molecule has 0 spiro atoms. The van der Waals surface area contributed by atoms with Crippen molar-refractivity contribution >= 4 is 28.3 Å². The van der Waals surface area contributed by atoms with Crippen molar-refractivity contribution in [3.8, 4) is 0 Å². The molecule has 1 amide bonds. The van der Waals surface area contributed by atoms with Crippen LogP contribution in [0.15, 0.2) is 17.3 Å². The molecule has 3 heterocycles. The minimum absolute atomic E-state index is 0. The quantitative estimate of drug-likeness (QED) is 0.776. The molecule has 3 rings (SSSR count). The van der Waals surface area contributed by atoms with Gasteiger partial charge in [0.1, 0.15) is 4.90 Å². The number of piperazine rings is 1.